The normalized spacial score (nSPS) is 15.5. The fourth-order valence-corrected chi connectivity index (χ4v) is 3.71. The Morgan fingerprint density at radius 2 is 2.07 bits per heavy atom. The molecule has 1 aromatic heterocycles. The minimum Gasteiger partial charge on any atom is -0.497 e. The second-order valence-electron chi connectivity index (χ2n) is 7.16. The highest BCUT2D eigenvalue weighted by molar-refractivity contribution is 5.95. The number of nitrogens with one attached hydrogen (secondary N) is 1. The number of pyridine rings is 1. The molecule has 0 radical (unpaired) electrons. The van der Waals surface area contributed by atoms with Crippen molar-refractivity contribution in [2.24, 2.45) is 0 Å². The lowest BCUT2D eigenvalue weighted by molar-refractivity contribution is 0.0939. The Balaban J connectivity index is 1.60. The van der Waals surface area contributed by atoms with Crippen LogP contribution in [0.4, 0.5) is 0 Å². The largest absolute Gasteiger partial charge is 0.497 e. The molecule has 148 valence electrons. The molecule has 1 aliphatic rings. The summed E-state index contributed by atoms with van der Waals surface area (Å²) in [6, 6.07) is 15.4. The lowest BCUT2D eigenvalue weighted by Crippen LogP contribution is -2.27. The van der Waals surface area contributed by atoms with Crippen molar-refractivity contribution in [2.75, 3.05) is 7.11 Å². The number of carbonyl (C=O) groups excluding carboxylic acids is 1. The highest BCUT2D eigenvalue weighted by Crippen LogP contribution is 2.43. The summed E-state index contributed by atoms with van der Waals surface area (Å²) in [4.78, 5) is 17.1. The first-order valence-electron chi connectivity index (χ1n) is 9.80. The molecular weight excluding hydrogens is 364 g/mol. The molecule has 3 aromatic rings. The first-order chi connectivity index (χ1) is 14.1. The van der Waals surface area contributed by atoms with E-state index in [4.69, 9.17) is 9.47 Å². The topological polar surface area (TPSA) is 60.5 Å². The fourth-order valence-electron chi connectivity index (χ4n) is 3.71. The van der Waals surface area contributed by atoms with Crippen LogP contribution >= 0.6 is 0 Å². The summed E-state index contributed by atoms with van der Waals surface area (Å²) in [5.41, 5.74) is 4.76. The zero-order chi connectivity index (χ0) is 20.4. The first-order valence-corrected chi connectivity index (χ1v) is 9.80. The van der Waals surface area contributed by atoms with Gasteiger partial charge in [0.15, 0.2) is 0 Å². The van der Waals surface area contributed by atoms with Crippen LogP contribution in [-0.4, -0.2) is 18.0 Å². The summed E-state index contributed by atoms with van der Waals surface area (Å²) in [6.45, 7) is 4.04. The van der Waals surface area contributed by atoms with Crippen LogP contribution < -0.4 is 14.8 Å². The van der Waals surface area contributed by atoms with Crippen LogP contribution in [0, 0.1) is 0 Å². The van der Waals surface area contributed by atoms with Gasteiger partial charge in [0.2, 0.25) is 0 Å². The maximum Gasteiger partial charge on any atom is 0.251 e. The second-order valence-corrected chi connectivity index (χ2v) is 7.16. The molecule has 1 unspecified atom stereocenters. The number of hydrogen-bond acceptors (Lipinski definition) is 4. The van der Waals surface area contributed by atoms with Crippen molar-refractivity contribution in [3.63, 3.8) is 0 Å². The summed E-state index contributed by atoms with van der Waals surface area (Å²) in [5.74, 6) is 1.45. The predicted molar refractivity (Wildman–Crippen MR) is 112 cm³/mol. The van der Waals surface area contributed by atoms with E-state index in [-0.39, 0.29) is 18.1 Å². The SMILES string of the molecule is CCC1Oc2cnccc2-c2ccc(C(=O)N[C@@H](C)c3cccc(OC)c3)cc21. The average Bonchev–Trinajstić information content (AvgIpc) is 2.78. The molecule has 1 aliphatic heterocycles. The van der Waals surface area contributed by atoms with Gasteiger partial charge < -0.3 is 14.8 Å². The van der Waals surface area contributed by atoms with E-state index >= 15 is 0 Å². The minimum atomic E-state index is -0.140. The Kier molecular flexibility index (Phi) is 5.21. The summed E-state index contributed by atoms with van der Waals surface area (Å²) < 4.78 is 11.4. The Hall–Kier alpha value is -3.34. The van der Waals surface area contributed by atoms with Crippen molar-refractivity contribution in [1.29, 1.82) is 0 Å². The van der Waals surface area contributed by atoms with Gasteiger partial charge in [0.05, 0.1) is 19.3 Å². The number of ether oxygens (including phenoxy) is 2. The summed E-state index contributed by atoms with van der Waals surface area (Å²) in [5, 5.41) is 3.08. The highest BCUT2D eigenvalue weighted by Gasteiger charge is 2.26. The van der Waals surface area contributed by atoms with Crippen molar-refractivity contribution in [3.8, 4) is 22.6 Å². The van der Waals surface area contributed by atoms with Gasteiger partial charge in [0.25, 0.3) is 5.91 Å². The van der Waals surface area contributed by atoms with Crippen molar-refractivity contribution < 1.29 is 14.3 Å². The molecule has 0 fully saturated rings. The van der Waals surface area contributed by atoms with E-state index in [2.05, 4.69) is 17.2 Å². The van der Waals surface area contributed by atoms with E-state index < -0.39 is 0 Å². The third-order valence-electron chi connectivity index (χ3n) is 5.32. The average molecular weight is 388 g/mol. The lowest BCUT2D eigenvalue weighted by Gasteiger charge is -2.28. The molecule has 4 rings (SSSR count). The molecule has 2 atom stereocenters. The molecule has 0 aliphatic carbocycles. The fraction of sp³-hybridized carbons (Fsp3) is 0.250. The monoisotopic (exact) mass is 388 g/mol. The molecular formula is C24H24N2O3. The zero-order valence-electron chi connectivity index (χ0n) is 16.8. The van der Waals surface area contributed by atoms with E-state index in [1.165, 1.54) is 0 Å². The number of benzene rings is 2. The van der Waals surface area contributed by atoms with Crippen LogP contribution in [0.25, 0.3) is 11.1 Å². The minimum absolute atomic E-state index is 0.0924. The molecule has 0 bridgehead atoms. The summed E-state index contributed by atoms with van der Waals surface area (Å²) in [6.07, 6.45) is 4.23. The molecule has 2 heterocycles. The number of rotatable bonds is 5. The molecule has 5 nitrogen and oxygen atoms in total. The quantitative estimate of drug-likeness (QED) is 0.661. The predicted octanol–water partition coefficient (Wildman–Crippen LogP) is 5.09. The van der Waals surface area contributed by atoms with Crippen molar-refractivity contribution in [1.82, 2.24) is 10.3 Å². The summed E-state index contributed by atoms with van der Waals surface area (Å²) in [7, 11) is 1.63. The van der Waals surface area contributed by atoms with E-state index in [0.717, 1.165) is 40.2 Å². The van der Waals surface area contributed by atoms with Crippen LogP contribution in [0.2, 0.25) is 0 Å². The maximum atomic E-state index is 12.9. The van der Waals surface area contributed by atoms with Crippen molar-refractivity contribution in [2.45, 2.75) is 32.4 Å². The Morgan fingerprint density at radius 3 is 2.86 bits per heavy atom. The Morgan fingerprint density at radius 1 is 1.21 bits per heavy atom. The van der Waals surface area contributed by atoms with Crippen molar-refractivity contribution in [3.05, 3.63) is 77.6 Å². The van der Waals surface area contributed by atoms with Gasteiger partial charge in [0, 0.05) is 22.9 Å². The number of nitrogens with zero attached hydrogens (tertiary/aromatic N) is 1. The van der Waals surface area contributed by atoms with Gasteiger partial charge in [-0.3, -0.25) is 9.78 Å². The van der Waals surface area contributed by atoms with E-state index in [1.54, 1.807) is 19.5 Å². The molecule has 1 N–H and O–H groups in total. The Labute approximate surface area is 170 Å². The molecule has 0 saturated carbocycles. The number of carbonyl (C=O) groups is 1. The molecule has 0 saturated heterocycles. The van der Waals surface area contributed by atoms with E-state index in [0.29, 0.717) is 5.56 Å². The summed E-state index contributed by atoms with van der Waals surface area (Å²) >= 11 is 0. The second kappa shape index (κ2) is 7.95. The van der Waals surface area contributed by atoms with Gasteiger partial charge in [-0.2, -0.15) is 0 Å². The molecule has 1 amide bonds. The van der Waals surface area contributed by atoms with Gasteiger partial charge in [-0.05, 0) is 54.8 Å². The van der Waals surface area contributed by atoms with Gasteiger partial charge >= 0.3 is 0 Å². The van der Waals surface area contributed by atoms with Crippen LogP contribution in [0.1, 0.15) is 53.9 Å². The Bertz CT molecular complexity index is 1050. The molecule has 2 aromatic carbocycles. The number of aromatic nitrogens is 1. The van der Waals surface area contributed by atoms with E-state index in [9.17, 15) is 4.79 Å². The van der Waals surface area contributed by atoms with Crippen molar-refractivity contribution >= 4 is 5.91 Å². The standard InChI is InChI=1S/C24H24N2O3/c1-4-22-21-13-17(8-9-19(21)20-10-11-25-14-23(20)29-22)24(27)26-15(2)16-6-5-7-18(12-16)28-3/h5-15,22H,4H2,1-3H3,(H,26,27)/t15-,22?/m0/s1. The third-order valence-corrected chi connectivity index (χ3v) is 5.32. The molecule has 29 heavy (non-hydrogen) atoms. The molecule has 0 spiro atoms. The number of methoxy groups -OCH3 is 1. The van der Waals surface area contributed by atoms with Gasteiger partial charge in [-0.15, -0.1) is 0 Å². The number of hydrogen-bond donors (Lipinski definition) is 1. The highest BCUT2D eigenvalue weighted by atomic mass is 16.5. The van der Waals surface area contributed by atoms with Crippen LogP contribution in [0.3, 0.4) is 0 Å². The van der Waals surface area contributed by atoms with Crippen LogP contribution in [-0.2, 0) is 0 Å². The van der Waals surface area contributed by atoms with Crippen LogP contribution in [0.5, 0.6) is 11.5 Å². The van der Waals surface area contributed by atoms with Gasteiger partial charge in [0.1, 0.15) is 17.6 Å². The van der Waals surface area contributed by atoms with E-state index in [1.807, 2.05) is 55.5 Å². The number of amides is 1. The first kappa shape index (κ1) is 19.0. The smallest absolute Gasteiger partial charge is 0.251 e. The number of fused-ring (bicyclic) bond motifs is 3. The molecule has 5 heteroatoms. The maximum absolute atomic E-state index is 12.9. The zero-order valence-corrected chi connectivity index (χ0v) is 16.8. The lowest BCUT2D eigenvalue weighted by atomic mass is 9.90. The van der Waals surface area contributed by atoms with Gasteiger partial charge in [-0.1, -0.05) is 25.1 Å². The third kappa shape index (κ3) is 3.68. The van der Waals surface area contributed by atoms with Gasteiger partial charge in [-0.25, -0.2) is 0 Å². The van der Waals surface area contributed by atoms with Crippen LogP contribution in [0.15, 0.2) is 60.9 Å².